The molecule has 3 aromatic rings. The van der Waals surface area contributed by atoms with E-state index in [4.69, 9.17) is 9.47 Å². The first-order valence-electron chi connectivity index (χ1n) is 9.58. The van der Waals surface area contributed by atoms with Crippen LogP contribution in [0.3, 0.4) is 0 Å². The van der Waals surface area contributed by atoms with Gasteiger partial charge in [-0.25, -0.2) is 4.39 Å². The van der Waals surface area contributed by atoms with Gasteiger partial charge in [0.2, 0.25) is 0 Å². The van der Waals surface area contributed by atoms with E-state index in [1.807, 2.05) is 24.3 Å². The zero-order valence-corrected chi connectivity index (χ0v) is 17.8. The Balaban J connectivity index is 1.76. The van der Waals surface area contributed by atoms with Crippen LogP contribution < -0.4 is 9.47 Å². The summed E-state index contributed by atoms with van der Waals surface area (Å²) >= 11 is 0. The minimum absolute atomic E-state index is 0.0212. The average Bonchev–Trinajstić information content (AvgIpc) is 3.26. The summed E-state index contributed by atoms with van der Waals surface area (Å²) in [6.45, 7) is 0. The summed E-state index contributed by atoms with van der Waals surface area (Å²) in [5, 5.41) is 4.48. The summed E-state index contributed by atoms with van der Waals surface area (Å²) in [4.78, 5) is -0.0212. The molecule has 0 spiro atoms. The molecule has 0 saturated carbocycles. The summed E-state index contributed by atoms with van der Waals surface area (Å²) in [6.07, 6.45) is 0.388. The third-order valence-corrected chi connectivity index (χ3v) is 6.85. The number of benzene rings is 3. The Bertz CT molecular complexity index is 1190. The summed E-state index contributed by atoms with van der Waals surface area (Å²) in [5.41, 5.74) is 2.21. The van der Waals surface area contributed by atoms with Crippen LogP contribution in [0.4, 0.5) is 4.39 Å². The van der Waals surface area contributed by atoms with E-state index in [1.54, 1.807) is 38.5 Å². The topological polar surface area (TPSA) is 68.2 Å². The van der Waals surface area contributed by atoms with E-state index in [9.17, 15) is 12.8 Å². The van der Waals surface area contributed by atoms with Crippen molar-refractivity contribution in [3.63, 3.8) is 0 Å². The smallest absolute Gasteiger partial charge is 0.279 e. The molecule has 8 heteroatoms. The minimum Gasteiger partial charge on any atom is -0.497 e. The van der Waals surface area contributed by atoms with E-state index >= 15 is 0 Å². The molecule has 31 heavy (non-hydrogen) atoms. The zero-order chi connectivity index (χ0) is 22.0. The molecule has 1 aliphatic rings. The van der Waals surface area contributed by atoms with Crippen molar-refractivity contribution in [1.82, 2.24) is 4.41 Å². The SMILES string of the molecule is COc1ccc(C2=NN(S(=O)(=O)c3ccc(F)cc3)C(c3ccc(OC)cc3)C2)cc1. The molecule has 0 fully saturated rings. The van der Waals surface area contributed by atoms with Crippen LogP contribution in [0.15, 0.2) is 82.8 Å². The van der Waals surface area contributed by atoms with E-state index in [1.165, 1.54) is 12.1 Å². The summed E-state index contributed by atoms with van der Waals surface area (Å²) in [6, 6.07) is 18.7. The second kappa shape index (κ2) is 8.39. The molecular weight excluding hydrogens is 419 g/mol. The predicted octanol–water partition coefficient (Wildman–Crippen LogP) is 4.38. The largest absolute Gasteiger partial charge is 0.497 e. The minimum atomic E-state index is -4.00. The molecular formula is C23H21FN2O4S. The van der Waals surface area contributed by atoms with Gasteiger partial charge < -0.3 is 9.47 Å². The highest BCUT2D eigenvalue weighted by atomic mass is 32.2. The van der Waals surface area contributed by atoms with E-state index in [0.717, 1.165) is 27.7 Å². The van der Waals surface area contributed by atoms with Gasteiger partial charge in [0.05, 0.1) is 30.9 Å². The van der Waals surface area contributed by atoms with Crippen molar-refractivity contribution in [2.75, 3.05) is 14.2 Å². The molecule has 6 nitrogen and oxygen atoms in total. The zero-order valence-electron chi connectivity index (χ0n) is 17.0. The molecule has 0 saturated heterocycles. The van der Waals surface area contributed by atoms with Crippen molar-refractivity contribution in [2.45, 2.75) is 17.4 Å². The normalized spacial score (nSPS) is 16.2. The molecule has 0 aromatic heterocycles. The van der Waals surface area contributed by atoms with Crippen LogP contribution in [0, 0.1) is 5.82 Å². The van der Waals surface area contributed by atoms with Crippen LogP contribution in [-0.2, 0) is 10.0 Å². The highest BCUT2D eigenvalue weighted by Gasteiger charge is 2.37. The number of ether oxygens (including phenoxy) is 2. The molecule has 0 aliphatic carbocycles. The van der Waals surface area contributed by atoms with Gasteiger partial charge in [-0.1, -0.05) is 12.1 Å². The first-order chi connectivity index (χ1) is 14.9. The maximum Gasteiger partial charge on any atom is 0.279 e. The molecule has 0 N–H and O–H groups in total. The fourth-order valence-corrected chi connectivity index (χ4v) is 4.89. The van der Waals surface area contributed by atoms with Crippen molar-refractivity contribution in [3.05, 3.63) is 89.7 Å². The van der Waals surface area contributed by atoms with Gasteiger partial charge in [0.15, 0.2) is 0 Å². The number of hydrogen-bond donors (Lipinski definition) is 0. The van der Waals surface area contributed by atoms with Gasteiger partial charge in [0, 0.05) is 6.42 Å². The quantitative estimate of drug-likeness (QED) is 0.570. The molecule has 1 aliphatic heterocycles. The Morgan fingerprint density at radius 2 is 1.42 bits per heavy atom. The van der Waals surface area contributed by atoms with Crippen molar-refractivity contribution in [1.29, 1.82) is 0 Å². The van der Waals surface area contributed by atoms with Gasteiger partial charge >= 0.3 is 0 Å². The number of rotatable bonds is 6. The number of methoxy groups -OCH3 is 2. The number of sulfonamides is 1. The van der Waals surface area contributed by atoms with Crippen molar-refractivity contribution >= 4 is 15.7 Å². The second-order valence-corrected chi connectivity index (χ2v) is 8.80. The monoisotopic (exact) mass is 440 g/mol. The predicted molar refractivity (Wildman–Crippen MR) is 115 cm³/mol. The van der Waals surface area contributed by atoms with Crippen LogP contribution in [-0.4, -0.2) is 32.8 Å². The molecule has 1 unspecified atom stereocenters. The Kier molecular flexibility index (Phi) is 5.65. The van der Waals surface area contributed by atoms with E-state index in [2.05, 4.69) is 5.10 Å². The number of hydrogen-bond acceptors (Lipinski definition) is 5. The molecule has 160 valence electrons. The standard InChI is InChI=1S/C23H21FN2O4S/c1-29-19-9-3-16(4-10-19)22-15-23(17-5-11-20(30-2)12-6-17)26(25-22)31(27,28)21-13-7-18(24)8-14-21/h3-14,23H,15H2,1-2H3. The Labute approximate surface area is 180 Å². The van der Waals surface area contributed by atoms with Gasteiger partial charge in [0.25, 0.3) is 10.0 Å². The highest BCUT2D eigenvalue weighted by Crippen LogP contribution is 2.37. The van der Waals surface area contributed by atoms with Crippen molar-refractivity contribution < 1.29 is 22.3 Å². The lowest BCUT2D eigenvalue weighted by Gasteiger charge is -2.23. The van der Waals surface area contributed by atoms with Crippen LogP contribution in [0.25, 0.3) is 0 Å². The van der Waals surface area contributed by atoms with Crippen molar-refractivity contribution in [3.8, 4) is 11.5 Å². The Morgan fingerprint density at radius 1 is 0.871 bits per heavy atom. The molecule has 0 bridgehead atoms. The van der Waals surface area contributed by atoms with Crippen LogP contribution >= 0.6 is 0 Å². The first-order valence-corrected chi connectivity index (χ1v) is 11.0. The van der Waals surface area contributed by atoms with Crippen molar-refractivity contribution in [2.24, 2.45) is 5.10 Å². The fourth-order valence-electron chi connectivity index (χ4n) is 3.46. The Morgan fingerprint density at radius 3 is 1.97 bits per heavy atom. The number of hydrazone groups is 1. The van der Waals surface area contributed by atoms with Gasteiger partial charge in [-0.05, 0) is 71.8 Å². The maximum atomic E-state index is 13.4. The summed E-state index contributed by atoms with van der Waals surface area (Å²) in [7, 11) is -0.847. The third-order valence-electron chi connectivity index (χ3n) is 5.15. The third kappa shape index (κ3) is 4.11. The molecule has 3 aromatic carbocycles. The van der Waals surface area contributed by atoms with Crippen LogP contribution in [0.2, 0.25) is 0 Å². The van der Waals surface area contributed by atoms with Gasteiger partial charge in [-0.2, -0.15) is 17.9 Å². The van der Waals surface area contributed by atoms with Gasteiger partial charge in [0.1, 0.15) is 17.3 Å². The highest BCUT2D eigenvalue weighted by molar-refractivity contribution is 7.89. The molecule has 4 rings (SSSR count). The lowest BCUT2D eigenvalue weighted by molar-refractivity contribution is 0.370. The average molecular weight is 440 g/mol. The molecule has 0 radical (unpaired) electrons. The van der Waals surface area contributed by atoms with E-state index < -0.39 is 21.9 Å². The van der Waals surface area contributed by atoms with E-state index in [-0.39, 0.29) is 4.90 Å². The second-order valence-electron chi connectivity index (χ2n) is 7.00. The fraction of sp³-hybridized carbons (Fsp3) is 0.174. The maximum absolute atomic E-state index is 13.4. The summed E-state index contributed by atoms with van der Waals surface area (Å²) < 4.78 is 51.6. The lowest BCUT2D eigenvalue weighted by atomic mass is 9.99. The van der Waals surface area contributed by atoms with Crippen LogP contribution in [0.1, 0.15) is 23.6 Å². The summed E-state index contributed by atoms with van der Waals surface area (Å²) in [5.74, 6) is 0.866. The van der Waals surface area contributed by atoms with E-state index in [0.29, 0.717) is 23.6 Å². The lowest BCUT2D eigenvalue weighted by Crippen LogP contribution is -2.27. The first kappa shape index (κ1) is 20.9. The molecule has 1 heterocycles. The number of halogens is 1. The van der Waals surface area contributed by atoms with Gasteiger partial charge in [-0.3, -0.25) is 0 Å². The van der Waals surface area contributed by atoms with Gasteiger partial charge in [-0.15, -0.1) is 0 Å². The molecule has 0 amide bonds. The van der Waals surface area contributed by atoms with Crippen LogP contribution in [0.5, 0.6) is 11.5 Å². The number of nitrogens with zero attached hydrogens (tertiary/aromatic N) is 2. The molecule has 1 atom stereocenters. The Hall–Kier alpha value is -3.39.